The fraction of sp³-hybridized carbons (Fsp3) is 0.429. The van der Waals surface area contributed by atoms with Gasteiger partial charge < -0.3 is 9.84 Å². The lowest BCUT2D eigenvalue weighted by Gasteiger charge is -2.11. The lowest BCUT2D eigenvalue weighted by Crippen LogP contribution is -1.96. The molecule has 1 aliphatic carbocycles. The van der Waals surface area contributed by atoms with E-state index in [0.29, 0.717) is 0 Å². The number of ether oxygens (including phenoxy) is 1. The minimum Gasteiger partial charge on any atom is -0.507 e. The van der Waals surface area contributed by atoms with Crippen LogP contribution < -0.4 is 0 Å². The molecule has 56 valence electrons. The highest BCUT2D eigenvalue weighted by Crippen LogP contribution is 2.26. The molecule has 2 nitrogen and oxygen atoms in total. The van der Waals surface area contributed by atoms with Gasteiger partial charge in [0.2, 0.25) is 0 Å². The van der Waals surface area contributed by atoms with Gasteiger partial charge in [-0.25, -0.2) is 0 Å². The maximum atomic E-state index is 9.16. The number of aliphatic hydroxyl groups is 1. The lowest BCUT2D eigenvalue weighted by molar-refractivity contribution is 0.270. The minimum absolute atomic E-state index is 0.281. The summed E-state index contributed by atoms with van der Waals surface area (Å²) in [5.74, 6) is 1.11. The molecule has 0 aromatic heterocycles. The van der Waals surface area contributed by atoms with E-state index in [-0.39, 0.29) is 5.76 Å². The molecule has 0 fully saturated rings. The molecule has 0 heterocycles. The summed E-state index contributed by atoms with van der Waals surface area (Å²) in [6, 6.07) is 0. The highest BCUT2D eigenvalue weighted by atomic mass is 79.9. The van der Waals surface area contributed by atoms with Crippen LogP contribution in [0.5, 0.6) is 0 Å². The Morgan fingerprint density at radius 3 is 2.80 bits per heavy atom. The van der Waals surface area contributed by atoms with Crippen LogP contribution in [0.3, 0.4) is 0 Å². The van der Waals surface area contributed by atoms with Gasteiger partial charge in [0.05, 0.1) is 12.9 Å². The Hall–Kier alpha value is -0.440. The molecule has 10 heavy (non-hydrogen) atoms. The summed E-state index contributed by atoms with van der Waals surface area (Å²) < 4.78 is 5.81. The summed E-state index contributed by atoms with van der Waals surface area (Å²) in [5.41, 5.74) is 0. The molecule has 0 spiro atoms. The van der Waals surface area contributed by atoms with Crippen LogP contribution in [0, 0.1) is 0 Å². The van der Waals surface area contributed by atoms with Crippen LogP contribution >= 0.6 is 15.9 Å². The number of hydrogen-bond donors (Lipinski definition) is 1. The van der Waals surface area contributed by atoms with Crippen LogP contribution in [0.25, 0.3) is 0 Å². The molecule has 0 radical (unpaired) electrons. The molecule has 0 aromatic rings. The molecular formula is C7H9BrO2. The summed E-state index contributed by atoms with van der Waals surface area (Å²) in [6.07, 6.45) is 3.32. The smallest absolute Gasteiger partial charge is 0.129 e. The van der Waals surface area contributed by atoms with Crippen molar-refractivity contribution >= 4 is 15.9 Å². The Balaban J connectivity index is 2.76. The van der Waals surface area contributed by atoms with Crippen LogP contribution in [0.15, 0.2) is 22.1 Å². The van der Waals surface area contributed by atoms with E-state index in [1.807, 2.05) is 0 Å². The van der Waals surface area contributed by atoms with Crippen molar-refractivity contribution in [3.63, 3.8) is 0 Å². The van der Waals surface area contributed by atoms with E-state index >= 15 is 0 Å². The molecule has 3 heteroatoms. The van der Waals surface area contributed by atoms with Crippen molar-refractivity contribution in [3.05, 3.63) is 22.1 Å². The third kappa shape index (κ3) is 1.53. The zero-order valence-corrected chi connectivity index (χ0v) is 7.31. The van der Waals surface area contributed by atoms with Crippen LogP contribution in [-0.2, 0) is 4.74 Å². The van der Waals surface area contributed by atoms with E-state index in [9.17, 15) is 0 Å². The van der Waals surface area contributed by atoms with Gasteiger partial charge in [0, 0.05) is 17.0 Å². The largest absolute Gasteiger partial charge is 0.507 e. The molecule has 0 amide bonds. The quantitative estimate of drug-likeness (QED) is 0.712. The van der Waals surface area contributed by atoms with Gasteiger partial charge in [0.15, 0.2) is 0 Å². The Morgan fingerprint density at radius 2 is 2.30 bits per heavy atom. The first-order valence-electron chi connectivity index (χ1n) is 3.06. The van der Waals surface area contributed by atoms with Gasteiger partial charge in [-0.1, -0.05) is 15.9 Å². The number of halogens is 1. The van der Waals surface area contributed by atoms with E-state index in [4.69, 9.17) is 9.84 Å². The van der Waals surface area contributed by atoms with Crippen molar-refractivity contribution in [1.29, 1.82) is 0 Å². The van der Waals surface area contributed by atoms with Crippen molar-refractivity contribution < 1.29 is 9.84 Å². The van der Waals surface area contributed by atoms with Gasteiger partial charge in [0.1, 0.15) is 5.76 Å². The molecular weight excluding hydrogens is 196 g/mol. The fourth-order valence-corrected chi connectivity index (χ4v) is 1.14. The maximum absolute atomic E-state index is 9.16. The van der Waals surface area contributed by atoms with Crippen molar-refractivity contribution in [1.82, 2.24) is 0 Å². The van der Waals surface area contributed by atoms with E-state index in [0.717, 1.165) is 23.1 Å². The molecule has 0 unspecified atom stereocenters. The fourth-order valence-electron chi connectivity index (χ4n) is 0.825. The zero-order chi connectivity index (χ0) is 7.56. The Morgan fingerprint density at radius 1 is 1.60 bits per heavy atom. The van der Waals surface area contributed by atoms with Gasteiger partial charge >= 0.3 is 0 Å². The topological polar surface area (TPSA) is 29.5 Å². The number of aliphatic hydroxyl groups excluding tert-OH is 1. The first-order valence-corrected chi connectivity index (χ1v) is 3.85. The van der Waals surface area contributed by atoms with E-state index in [1.165, 1.54) is 0 Å². The van der Waals surface area contributed by atoms with Gasteiger partial charge in [0.25, 0.3) is 0 Å². The van der Waals surface area contributed by atoms with Crippen molar-refractivity contribution in [2.24, 2.45) is 0 Å². The Labute approximate surface area is 68.3 Å². The summed E-state index contributed by atoms with van der Waals surface area (Å²) in [7, 11) is 1.61. The van der Waals surface area contributed by atoms with E-state index in [1.54, 1.807) is 13.2 Å². The van der Waals surface area contributed by atoms with Crippen molar-refractivity contribution in [2.75, 3.05) is 7.11 Å². The van der Waals surface area contributed by atoms with E-state index < -0.39 is 0 Å². The van der Waals surface area contributed by atoms with Crippen LogP contribution in [0.4, 0.5) is 0 Å². The molecule has 1 rings (SSSR count). The summed E-state index contributed by atoms with van der Waals surface area (Å²) >= 11 is 3.24. The molecule has 1 aliphatic rings. The average molecular weight is 205 g/mol. The maximum Gasteiger partial charge on any atom is 0.129 e. The third-order valence-corrected chi connectivity index (χ3v) is 2.23. The third-order valence-electron chi connectivity index (χ3n) is 1.43. The molecule has 0 aliphatic heterocycles. The second-order valence-corrected chi connectivity index (χ2v) is 3.06. The van der Waals surface area contributed by atoms with Crippen LogP contribution in [0.2, 0.25) is 0 Å². The molecule has 0 atom stereocenters. The molecule has 0 saturated carbocycles. The van der Waals surface area contributed by atoms with Gasteiger partial charge in [-0.3, -0.25) is 0 Å². The number of methoxy groups -OCH3 is 1. The number of hydrogen-bond acceptors (Lipinski definition) is 2. The summed E-state index contributed by atoms with van der Waals surface area (Å²) in [4.78, 5) is 0. The second kappa shape index (κ2) is 3.10. The lowest BCUT2D eigenvalue weighted by atomic mass is 10.1. The van der Waals surface area contributed by atoms with Gasteiger partial charge in [-0.15, -0.1) is 0 Å². The monoisotopic (exact) mass is 204 g/mol. The molecule has 0 saturated heterocycles. The van der Waals surface area contributed by atoms with Crippen molar-refractivity contribution in [3.8, 4) is 0 Å². The summed E-state index contributed by atoms with van der Waals surface area (Å²) in [5, 5.41) is 9.16. The highest BCUT2D eigenvalue weighted by molar-refractivity contribution is 9.11. The molecule has 0 aromatic carbocycles. The van der Waals surface area contributed by atoms with Crippen LogP contribution in [-0.4, -0.2) is 12.2 Å². The molecule has 0 bridgehead atoms. The van der Waals surface area contributed by atoms with Crippen LogP contribution in [0.1, 0.15) is 12.8 Å². The van der Waals surface area contributed by atoms with Gasteiger partial charge in [-0.05, 0) is 6.42 Å². The number of allylic oxidation sites excluding steroid dienone is 3. The first-order chi connectivity index (χ1) is 4.74. The predicted octanol–water partition coefficient (Wildman–Crippen LogP) is 2.48. The molecule has 1 N–H and O–H groups in total. The standard InChI is InChI=1S/C7H9BrO2/c1-10-5-2-3-6(8)7(9)4-5/h4,9H,2-3H2,1H3. The van der Waals surface area contributed by atoms with Crippen molar-refractivity contribution in [2.45, 2.75) is 12.8 Å². The normalized spacial score (nSPS) is 18.8. The number of rotatable bonds is 1. The average Bonchev–Trinajstić information content (AvgIpc) is 1.95. The Kier molecular flexibility index (Phi) is 2.38. The minimum atomic E-state index is 0.281. The highest BCUT2D eigenvalue weighted by Gasteiger charge is 2.09. The summed E-state index contributed by atoms with van der Waals surface area (Å²) in [6.45, 7) is 0. The van der Waals surface area contributed by atoms with E-state index in [2.05, 4.69) is 15.9 Å². The SMILES string of the molecule is COC1=CC(O)=C(Br)CC1. The Bertz CT molecular complexity index is 194. The zero-order valence-electron chi connectivity index (χ0n) is 5.72. The second-order valence-electron chi connectivity index (χ2n) is 2.10. The first kappa shape index (κ1) is 7.66. The predicted molar refractivity (Wildman–Crippen MR) is 42.9 cm³/mol. The van der Waals surface area contributed by atoms with Gasteiger partial charge in [-0.2, -0.15) is 0 Å².